The third-order valence-electron chi connectivity index (χ3n) is 24.0. The molecule has 146 heavy (non-hydrogen) atoms. The molecule has 2 heterocycles. The van der Waals surface area contributed by atoms with E-state index in [2.05, 4.69) is 65.3 Å². The van der Waals surface area contributed by atoms with Crippen LogP contribution < -0.4 is 31.5 Å². The second-order valence-electron chi connectivity index (χ2n) is 34.9. The fourth-order valence-electron chi connectivity index (χ4n) is 15.4. The van der Waals surface area contributed by atoms with Crippen molar-refractivity contribution in [3.05, 3.63) is 332 Å². The van der Waals surface area contributed by atoms with E-state index in [0.29, 0.717) is 148 Å². The number of ether oxygens (including phenoxy) is 8. The maximum absolute atomic E-state index is 13.8. The number of Topliss-reactive ketones (excluding diaryl/α,β-unsaturated/α-hetero) is 2. The summed E-state index contributed by atoms with van der Waals surface area (Å²) < 4.78 is 96.6. The Kier molecular flexibility index (Phi) is 51.7. The second kappa shape index (κ2) is 64.5. The lowest BCUT2D eigenvalue weighted by Crippen LogP contribution is -2.35. The van der Waals surface area contributed by atoms with Gasteiger partial charge in [-0.15, -0.1) is 0 Å². The van der Waals surface area contributed by atoms with E-state index in [1.807, 2.05) is 173 Å². The fraction of sp³-hybridized carbons (Fsp3) is 0.379. The summed E-state index contributed by atoms with van der Waals surface area (Å²) in [5, 5.41) is 7.82. The average molecular weight is 2050 g/mol. The van der Waals surface area contributed by atoms with Crippen LogP contribution in [0.1, 0.15) is 167 Å². The first-order chi connectivity index (χ1) is 70.6. The number of benzene rings is 10. The lowest BCUT2D eigenvalue weighted by molar-refractivity contribution is -0.124. The van der Waals surface area contributed by atoms with Gasteiger partial charge < -0.3 is 74.3 Å². The number of hydrogen-bond acceptors (Lipinski definition) is 22. The standard InChI is InChI=1S/C55H61N3O10S.C29H37N3O6.C26H25ClO4S.C6H15N/c1-41-11-15-43(16-12-41)17-18-49(40-69(63,64)50-25-13-42(2)14-26-50)54(61)46-21-23-47(24-22-46)55(62)57-30-32-66-34-36-68-38-37-67-35-33-65-31-28-52(59)56-29-27-53(60)58-39-48-9-4-3-7-44(48)19-20-45-8-5-6-10-51(45)58;30-13-16-36-18-20-38-22-21-37-19-17-35-15-12-28(33)31-14-11-29(34)32-23-26-7-2-1-5-24(26)9-10-25-6-3-4-8-27(25)32;1-18-3-7-20(8-4-18)9-10-23(17-32(30,31)24-15-5-19(2)6-16-24)25(28)21-11-13-22(14-12-21)26(27)29;1-4-7(5-2)6-3/h3-16,21-26,49H,17-18,27-40H2,1-2H3,(H,56,59)(H,57,62);1-8H,11-23,30H2,(H,31,33);3-8,11-16,23H,9-10,17H2,1-2H3;4-6H2,1-3H3. The van der Waals surface area contributed by atoms with Gasteiger partial charge in [-0.05, 0) is 192 Å². The highest BCUT2D eigenvalue weighted by Gasteiger charge is 2.32. The molecule has 0 aliphatic carbocycles. The fourth-order valence-corrected chi connectivity index (χ4v) is 18.7. The number of halogens is 1. The monoisotopic (exact) mass is 2050 g/mol. The van der Waals surface area contributed by atoms with E-state index in [0.717, 1.165) is 78.1 Å². The van der Waals surface area contributed by atoms with Gasteiger partial charge in [-0.1, -0.05) is 224 Å². The van der Waals surface area contributed by atoms with Gasteiger partial charge in [-0.3, -0.25) is 38.4 Å². The van der Waals surface area contributed by atoms with E-state index >= 15 is 0 Å². The Labute approximate surface area is 865 Å². The van der Waals surface area contributed by atoms with E-state index in [1.54, 1.807) is 82.6 Å². The molecule has 12 rings (SSSR count). The van der Waals surface area contributed by atoms with Crippen molar-refractivity contribution in [3.8, 4) is 23.7 Å². The highest BCUT2D eigenvalue weighted by Crippen LogP contribution is 2.31. The number of carbonyl (C=O) groups excluding carboxylic acids is 8. The molecule has 30 heteroatoms. The number of para-hydroxylation sites is 2. The number of nitrogens with one attached hydrogen (secondary N) is 3. The van der Waals surface area contributed by atoms with Gasteiger partial charge >= 0.3 is 0 Å². The van der Waals surface area contributed by atoms with Gasteiger partial charge in [0.1, 0.15) is 0 Å². The number of carbonyl (C=O) groups is 8. The summed E-state index contributed by atoms with van der Waals surface area (Å²) in [6.45, 7) is 26.1. The summed E-state index contributed by atoms with van der Waals surface area (Å²) in [5.41, 5.74) is 19.8. The number of nitrogens with two attached hydrogens (primary N) is 1. The van der Waals surface area contributed by atoms with Crippen molar-refractivity contribution in [2.45, 2.75) is 123 Å². The maximum Gasteiger partial charge on any atom is 0.252 e. The molecule has 0 spiro atoms. The summed E-state index contributed by atoms with van der Waals surface area (Å²) >= 11 is 5.49. The van der Waals surface area contributed by atoms with Crippen molar-refractivity contribution < 1.29 is 93.1 Å². The molecule has 5 N–H and O–H groups in total. The zero-order chi connectivity index (χ0) is 105. The quantitative estimate of drug-likeness (QED) is 0.0119. The van der Waals surface area contributed by atoms with Gasteiger partial charge in [0.05, 0.1) is 151 Å². The van der Waals surface area contributed by atoms with E-state index in [4.69, 9.17) is 55.2 Å². The first-order valence-electron chi connectivity index (χ1n) is 49.7. The number of hydrogen-bond donors (Lipinski definition) is 4. The molecule has 2 aliphatic rings. The number of rotatable bonds is 56. The van der Waals surface area contributed by atoms with Crippen LogP contribution in [0, 0.1) is 63.2 Å². The lowest BCUT2D eigenvalue weighted by Gasteiger charge is -2.26. The Morgan fingerprint density at radius 3 is 1.01 bits per heavy atom. The van der Waals surface area contributed by atoms with Crippen molar-refractivity contribution in [1.82, 2.24) is 20.9 Å². The highest BCUT2D eigenvalue weighted by molar-refractivity contribution is 7.91. The molecule has 10 aromatic carbocycles. The summed E-state index contributed by atoms with van der Waals surface area (Å²) in [5.74, 6) is 9.30. The molecule has 776 valence electrons. The number of aryl methyl sites for hydroxylation is 6. The van der Waals surface area contributed by atoms with Crippen molar-refractivity contribution in [2.24, 2.45) is 17.6 Å². The lowest BCUT2D eigenvalue weighted by atomic mass is 9.92. The third kappa shape index (κ3) is 41.4. The van der Waals surface area contributed by atoms with Crippen LogP contribution in [0.3, 0.4) is 0 Å². The Morgan fingerprint density at radius 1 is 0.356 bits per heavy atom. The van der Waals surface area contributed by atoms with E-state index in [1.165, 1.54) is 43.9 Å². The smallest absolute Gasteiger partial charge is 0.252 e. The minimum absolute atomic E-state index is 0.0725. The Hall–Kier alpha value is -12.5. The number of fused-ring (bicyclic) bond motifs is 4. The van der Waals surface area contributed by atoms with Gasteiger partial charge in [0.15, 0.2) is 31.2 Å². The topological polar surface area (TPSA) is 351 Å². The predicted octanol–water partition coefficient (Wildman–Crippen LogP) is 15.6. The van der Waals surface area contributed by atoms with Gasteiger partial charge in [0, 0.05) is 108 Å². The molecule has 27 nitrogen and oxygen atoms in total. The molecular weight excluding hydrogens is 1910 g/mol. The molecule has 0 fully saturated rings. The van der Waals surface area contributed by atoms with E-state index in [9.17, 15) is 55.2 Å². The zero-order valence-electron chi connectivity index (χ0n) is 84.8. The largest absolute Gasteiger partial charge is 0.379 e. The number of ketones is 2. The molecule has 0 radical (unpaired) electrons. The first-order valence-corrected chi connectivity index (χ1v) is 53.4. The molecule has 0 saturated carbocycles. The molecule has 2 atom stereocenters. The van der Waals surface area contributed by atoms with Crippen molar-refractivity contribution in [1.29, 1.82) is 0 Å². The Bertz CT molecular complexity index is 6160. The van der Waals surface area contributed by atoms with Crippen LogP contribution in [0.2, 0.25) is 0 Å². The van der Waals surface area contributed by atoms with Gasteiger partial charge in [-0.25, -0.2) is 16.8 Å². The van der Waals surface area contributed by atoms with Crippen molar-refractivity contribution >= 4 is 89.0 Å². The van der Waals surface area contributed by atoms with Crippen LogP contribution >= 0.6 is 11.6 Å². The summed E-state index contributed by atoms with van der Waals surface area (Å²) in [7, 11) is -7.40. The second-order valence-corrected chi connectivity index (χ2v) is 39.3. The maximum atomic E-state index is 13.8. The molecular formula is C116H138ClN7O20S2. The van der Waals surface area contributed by atoms with Crippen molar-refractivity contribution in [2.75, 3.05) is 173 Å². The van der Waals surface area contributed by atoms with Crippen LogP contribution in [0.5, 0.6) is 0 Å². The van der Waals surface area contributed by atoms with Gasteiger partial charge in [0.25, 0.3) is 11.1 Å². The summed E-state index contributed by atoms with van der Waals surface area (Å²) in [6, 6.07) is 72.4. The third-order valence-corrected chi connectivity index (χ3v) is 27.8. The van der Waals surface area contributed by atoms with Crippen LogP contribution in [0.15, 0.2) is 252 Å². The minimum atomic E-state index is -3.74. The molecule has 2 unspecified atom stereocenters. The molecule has 2 aliphatic heterocycles. The molecule has 0 aromatic heterocycles. The molecule has 5 amide bonds. The van der Waals surface area contributed by atoms with Crippen molar-refractivity contribution in [3.63, 3.8) is 0 Å². The first kappa shape index (κ1) is 117. The molecule has 10 aromatic rings. The van der Waals surface area contributed by atoms with Crippen LogP contribution in [-0.2, 0) is 103 Å². The highest BCUT2D eigenvalue weighted by atomic mass is 35.5. The van der Waals surface area contributed by atoms with E-state index < -0.39 is 36.8 Å². The normalized spacial score (nSPS) is 12.2. The summed E-state index contributed by atoms with van der Waals surface area (Å²) in [4.78, 5) is 109. The zero-order valence-corrected chi connectivity index (χ0v) is 87.2. The number of anilines is 2. The Balaban J connectivity index is 0.000000258. The minimum Gasteiger partial charge on any atom is -0.379 e. The predicted molar refractivity (Wildman–Crippen MR) is 570 cm³/mol. The van der Waals surface area contributed by atoms with Crippen LogP contribution in [0.4, 0.5) is 11.4 Å². The van der Waals surface area contributed by atoms with E-state index in [-0.39, 0.29) is 133 Å². The SMILES string of the molecule is CCN(CC)CC.Cc1ccc(CCC(CS(=O)(=O)c2ccc(C)cc2)C(=O)c2ccc(C(=O)Cl)cc2)cc1.Cc1ccc(CCC(CS(=O)(=O)c2ccc(C)cc2)C(=O)c2ccc(C(=O)NCCOCCOCCOCCOCCC(=O)NCCC(=O)N3Cc4ccccc4C#Cc4ccccc43)cc2)cc1.NCCOCCOCCOCCOCCC(=O)NCCC(=O)N1Cc2ccccc2C#Cc2ccccc21. The number of sulfone groups is 2. The molecule has 0 saturated heterocycles. The van der Waals surface area contributed by atoms with Gasteiger partial charge in [0.2, 0.25) is 23.6 Å². The van der Waals surface area contributed by atoms with Crippen LogP contribution in [0.25, 0.3) is 0 Å². The number of amides is 5. The summed E-state index contributed by atoms with van der Waals surface area (Å²) in [6.07, 6.45) is 2.59. The molecule has 0 bridgehead atoms. The average Bonchev–Trinajstić information content (AvgIpc) is 0.813. The van der Waals surface area contributed by atoms with Crippen LogP contribution in [-0.4, -0.2) is 231 Å². The van der Waals surface area contributed by atoms with Gasteiger partial charge in [-0.2, -0.15) is 0 Å². The Morgan fingerprint density at radius 2 is 0.664 bits per heavy atom. The number of nitrogens with zero attached hydrogens (tertiary/aromatic N) is 3.